The van der Waals surface area contributed by atoms with Crippen LogP contribution in [0.5, 0.6) is 5.75 Å². The minimum atomic E-state index is -1.64. The van der Waals surface area contributed by atoms with Gasteiger partial charge in [-0.25, -0.2) is 4.79 Å². The smallest absolute Gasteiger partial charge is 0.346 e. The van der Waals surface area contributed by atoms with Crippen molar-refractivity contribution in [1.29, 1.82) is 0 Å². The molecule has 0 aliphatic heterocycles. The average Bonchev–Trinajstić information content (AvgIpc) is 3.05. The number of halogens is 2. The third-order valence-corrected chi connectivity index (χ3v) is 7.97. The number of fused-ring (bicyclic) bond motifs is 3. The second-order valence-electron chi connectivity index (χ2n) is 8.38. The highest BCUT2D eigenvalue weighted by molar-refractivity contribution is 6.44. The van der Waals surface area contributed by atoms with E-state index in [0.717, 1.165) is 17.6 Å². The molecule has 2 aliphatic carbocycles. The van der Waals surface area contributed by atoms with Crippen LogP contribution in [-0.2, 0) is 20.8 Å². The molecular formula is C23H26Cl2O6. The molecule has 2 atom stereocenters. The Kier molecular flexibility index (Phi) is 6.45. The van der Waals surface area contributed by atoms with Gasteiger partial charge in [-0.15, -0.1) is 0 Å². The van der Waals surface area contributed by atoms with Gasteiger partial charge in [-0.1, -0.05) is 44.0 Å². The van der Waals surface area contributed by atoms with Gasteiger partial charge in [0.25, 0.3) is 0 Å². The van der Waals surface area contributed by atoms with Crippen molar-refractivity contribution in [2.24, 2.45) is 10.8 Å². The number of hydrogen-bond acceptors (Lipinski definition) is 4. The van der Waals surface area contributed by atoms with Gasteiger partial charge in [0.15, 0.2) is 5.78 Å². The lowest BCUT2D eigenvalue weighted by Crippen LogP contribution is -2.49. The summed E-state index contributed by atoms with van der Waals surface area (Å²) < 4.78 is 5.78. The van der Waals surface area contributed by atoms with Crippen molar-refractivity contribution in [3.8, 4) is 5.75 Å². The number of benzene rings is 1. The molecule has 0 amide bonds. The molecule has 31 heavy (non-hydrogen) atoms. The van der Waals surface area contributed by atoms with Gasteiger partial charge < -0.3 is 14.9 Å². The predicted octanol–water partition coefficient (Wildman–Crippen LogP) is 5.42. The zero-order valence-corrected chi connectivity index (χ0v) is 19.3. The lowest BCUT2D eigenvalue weighted by Gasteiger charge is -2.33. The van der Waals surface area contributed by atoms with Gasteiger partial charge in [0, 0.05) is 17.4 Å². The Hall–Kier alpha value is -2.05. The highest BCUT2D eigenvalue weighted by atomic mass is 35.5. The molecule has 1 aromatic rings. The van der Waals surface area contributed by atoms with Gasteiger partial charge >= 0.3 is 11.9 Å². The van der Waals surface area contributed by atoms with Crippen molar-refractivity contribution >= 4 is 46.5 Å². The predicted molar refractivity (Wildman–Crippen MR) is 118 cm³/mol. The largest absolute Gasteiger partial charge is 0.481 e. The summed E-state index contributed by atoms with van der Waals surface area (Å²) in [4.78, 5) is 36.1. The topological polar surface area (TPSA) is 101 Å². The third kappa shape index (κ3) is 3.64. The fourth-order valence-corrected chi connectivity index (χ4v) is 5.50. The maximum Gasteiger partial charge on any atom is 0.346 e. The van der Waals surface area contributed by atoms with Crippen LogP contribution in [0.2, 0.25) is 10.0 Å². The molecular weight excluding hydrogens is 443 g/mol. The summed E-state index contributed by atoms with van der Waals surface area (Å²) in [5.41, 5.74) is 0.568. The molecule has 168 valence electrons. The first-order valence-electron chi connectivity index (χ1n) is 10.5. The molecule has 0 radical (unpaired) electrons. The zero-order chi connectivity index (χ0) is 23.1. The van der Waals surface area contributed by atoms with Crippen molar-refractivity contribution in [2.75, 3.05) is 0 Å². The van der Waals surface area contributed by atoms with E-state index in [9.17, 15) is 24.6 Å². The first-order valence-corrected chi connectivity index (χ1v) is 11.2. The molecule has 2 unspecified atom stereocenters. The van der Waals surface area contributed by atoms with E-state index in [1.165, 1.54) is 0 Å². The molecule has 0 fully saturated rings. The number of aliphatic carboxylic acids is 2. The highest BCUT2D eigenvalue weighted by Gasteiger charge is 2.50. The molecule has 2 aliphatic rings. The number of ketones is 1. The van der Waals surface area contributed by atoms with Crippen molar-refractivity contribution in [3.63, 3.8) is 0 Å². The normalized spacial score (nSPS) is 21.2. The summed E-state index contributed by atoms with van der Waals surface area (Å²) in [5.74, 6) is -2.54. The van der Waals surface area contributed by atoms with Crippen LogP contribution in [0.4, 0.5) is 0 Å². The van der Waals surface area contributed by atoms with Crippen LogP contribution in [0.3, 0.4) is 0 Å². The van der Waals surface area contributed by atoms with Crippen LogP contribution < -0.4 is 4.74 Å². The van der Waals surface area contributed by atoms with E-state index in [-0.39, 0.29) is 39.8 Å². The molecule has 6 nitrogen and oxygen atoms in total. The SMILES string of the molecule is CCC12CCC(=O)C=C1c1c(cc(OC(C(=O)O)C(CC)(CC)C(=O)O)c(Cl)c1Cl)C2. The van der Waals surface area contributed by atoms with Crippen molar-refractivity contribution in [1.82, 2.24) is 0 Å². The number of hydrogen-bond donors (Lipinski definition) is 2. The molecule has 1 aromatic carbocycles. The van der Waals surface area contributed by atoms with E-state index in [1.54, 1.807) is 26.0 Å². The van der Waals surface area contributed by atoms with Gasteiger partial charge in [0.1, 0.15) is 16.2 Å². The number of allylic oxidation sites excluding steroid dienone is 2. The van der Waals surface area contributed by atoms with E-state index in [1.807, 2.05) is 0 Å². The molecule has 0 heterocycles. The van der Waals surface area contributed by atoms with Crippen molar-refractivity contribution < 1.29 is 29.3 Å². The van der Waals surface area contributed by atoms with Crippen LogP contribution in [0.1, 0.15) is 64.0 Å². The molecule has 0 spiro atoms. The monoisotopic (exact) mass is 468 g/mol. The van der Waals surface area contributed by atoms with Crippen LogP contribution in [0.25, 0.3) is 5.57 Å². The number of carbonyl (C=O) groups is 3. The van der Waals surface area contributed by atoms with Gasteiger partial charge in [-0.05, 0) is 55.4 Å². The lowest BCUT2D eigenvalue weighted by molar-refractivity contribution is -0.168. The van der Waals surface area contributed by atoms with E-state index >= 15 is 0 Å². The Morgan fingerprint density at radius 3 is 2.35 bits per heavy atom. The third-order valence-electron chi connectivity index (χ3n) is 7.12. The minimum Gasteiger partial charge on any atom is -0.481 e. The van der Waals surface area contributed by atoms with Gasteiger partial charge in [-0.2, -0.15) is 0 Å². The number of carbonyl (C=O) groups excluding carboxylic acids is 1. The van der Waals surface area contributed by atoms with Crippen molar-refractivity contribution in [3.05, 3.63) is 33.3 Å². The summed E-state index contributed by atoms with van der Waals surface area (Å²) in [5, 5.41) is 19.8. The molecule has 0 aromatic heterocycles. The Morgan fingerprint density at radius 2 is 1.84 bits per heavy atom. The lowest BCUT2D eigenvalue weighted by atomic mass is 9.71. The molecule has 0 saturated heterocycles. The summed E-state index contributed by atoms with van der Waals surface area (Å²) in [6.07, 6.45) is 2.76. The van der Waals surface area contributed by atoms with E-state index < -0.39 is 23.5 Å². The van der Waals surface area contributed by atoms with E-state index in [0.29, 0.717) is 24.8 Å². The van der Waals surface area contributed by atoms with Crippen molar-refractivity contribution in [2.45, 2.75) is 65.4 Å². The highest BCUT2D eigenvalue weighted by Crippen LogP contribution is 2.57. The average molecular weight is 469 g/mol. The first-order chi connectivity index (χ1) is 14.6. The zero-order valence-electron chi connectivity index (χ0n) is 17.8. The van der Waals surface area contributed by atoms with Gasteiger partial charge in [0.05, 0.1) is 5.02 Å². The fraction of sp³-hybridized carbons (Fsp3) is 0.522. The first kappa shape index (κ1) is 23.6. The second-order valence-corrected chi connectivity index (χ2v) is 9.13. The maximum atomic E-state index is 12.1. The molecule has 2 N–H and O–H groups in total. The van der Waals surface area contributed by atoms with Gasteiger partial charge in [0.2, 0.25) is 6.10 Å². The Balaban J connectivity index is 2.12. The number of ether oxygens (including phenoxy) is 1. The fourth-order valence-electron chi connectivity index (χ4n) is 4.99. The summed E-state index contributed by atoms with van der Waals surface area (Å²) >= 11 is 13.1. The van der Waals surface area contributed by atoms with Crippen LogP contribution in [0.15, 0.2) is 12.1 Å². The van der Waals surface area contributed by atoms with E-state index in [2.05, 4.69) is 6.92 Å². The minimum absolute atomic E-state index is 0.0176. The molecule has 8 heteroatoms. The Morgan fingerprint density at radius 1 is 1.19 bits per heavy atom. The second kappa shape index (κ2) is 8.47. The summed E-state index contributed by atoms with van der Waals surface area (Å²) in [6, 6.07) is 1.65. The Bertz CT molecular complexity index is 979. The summed E-state index contributed by atoms with van der Waals surface area (Å²) in [7, 11) is 0. The number of carboxylic acids is 2. The number of carboxylic acid groups (broad SMARTS) is 2. The quantitative estimate of drug-likeness (QED) is 0.528. The molecule has 0 saturated carbocycles. The maximum absolute atomic E-state index is 12.1. The van der Waals surface area contributed by atoms with E-state index in [4.69, 9.17) is 27.9 Å². The standard InChI is InChI=1S/C23H26Cl2O6/c1-4-22-8-7-13(26)10-14(22)16-12(11-22)9-15(17(24)18(16)25)31-19(20(27)28)23(5-2,6-3)21(29)30/h9-10,19H,4-8,11H2,1-3H3,(H,27,28)(H,29,30). The summed E-state index contributed by atoms with van der Waals surface area (Å²) in [6.45, 7) is 5.30. The number of rotatable bonds is 8. The van der Waals surface area contributed by atoms with Crippen LogP contribution in [-0.4, -0.2) is 34.0 Å². The Labute approximate surface area is 191 Å². The van der Waals surface area contributed by atoms with Crippen LogP contribution in [0, 0.1) is 10.8 Å². The molecule has 0 bridgehead atoms. The van der Waals surface area contributed by atoms with Crippen LogP contribution >= 0.6 is 23.2 Å². The van der Waals surface area contributed by atoms with Gasteiger partial charge in [-0.3, -0.25) is 9.59 Å². The molecule has 3 rings (SSSR count).